The average Bonchev–Trinajstić information content (AvgIpc) is 2.37. The maximum Gasteiger partial charge on any atom is 0.254 e. The highest BCUT2D eigenvalue weighted by Crippen LogP contribution is 2.19. The van der Waals surface area contributed by atoms with Gasteiger partial charge in [-0.3, -0.25) is 4.79 Å². The molecule has 1 atom stereocenters. The molecule has 20 heavy (non-hydrogen) atoms. The normalized spacial score (nSPS) is 19.9. The fourth-order valence-electron chi connectivity index (χ4n) is 2.37. The summed E-state index contributed by atoms with van der Waals surface area (Å²) < 4.78 is 23.2. The Morgan fingerprint density at radius 2 is 2.10 bits per heavy atom. The fourth-order valence-corrected chi connectivity index (χ4v) is 3.02. The number of piperidine rings is 1. The molecule has 1 aromatic rings. The number of carbonyl (C=O) groups is 1. The number of nitrogens with zero attached hydrogens (tertiary/aromatic N) is 1. The molecule has 0 aliphatic carbocycles. The number of likely N-dealkylation sites (tertiary alicyclic amines) is 1. The predicted molar refractivity (Wildman–Crippen MR) is 75.4 cm³/mol. The standard InChI is InChI=1S/C14H19NO4S/c1-10-5-6-12(20(2,18)19)8-13(10)14(17)15-7-3-4-11(16)9-15/h5-6,8,11,16H,3-4,7,9H2,1-2H3. The van der Waals surface area contributed by atoms with E-state index in [2.05, 4.69) is 0 Å². The van der Waals surface area contributed by atoms with Gasteiger partial charge in [0.15, 0.2) is 9.84 Å². The quantitative estimate of drug-likeness (QED) is 0.883. The number of hydrogen-bond acceptors (Lipinski definition) is 4. The molecule has 1 unspecified atom stereocenters. The van der Waals surface area contributed by atoms with Crippen molar-refractivity contribution < 1.29 is 18.3 Å². The van der Waals surface area contributed by atoms with Gasteiger partial charge in [-0.1, -0.05) is 6.07 Å². The predicted octanol–water partition coefficient (Wildman–Crippen LogP) is 0.995. The van der Waals surface area contributed by atoms with Crippen LogP contribution in [0, 0.1) is 6.92 Å². The van der Waals surface area contributed by atoms with Crippen LogP contribution in [-0.4, -0.2) is 49.8 Å². The molecule has 0 spiro atoms. The topological polar surface area (TPSA) is 74.7 Å². The highest BCUT2D eigenvalue weighted by atomic mass is 32.2. The molecule has 5 nitrogen and oxygen atoms in total. The Kier molecular flexibility index (Phi) is 4.15. The van der Waals surface area contributed by atoms with Crippen LogP contribution in [0.2, 0.25) is 0 Å². The third-order valence-corrected chi connectivity index (χ3v) is 4.66. The maximum atomic E-state index is 12.5. The van der Waals surface area contributed by atoms with Gasteiger partial charge < -0.3 is 10.0 Å². The molecule has 0 bridgehead atoms. The van der Waals surface area contributed by atoms with E-state index in [9.17, 15) is 18.3 Å². The zero-order valence-corrected chi connectivity index (χ0v) is 12.5. The van der Waals surface area contributed by atoms with Crippen molar-refractivity contribution in [2.45, 2.75) is 30.8 Å². The highest BCUT2D eigenvalue weighted by molar-refractivity contribution is 7.90. The molecular weight excluding hydrogens is 278 g/mol. The van der Waals surface area contributed by atoms with E-state index in [4.69, 9.17) is 0 Å². The summed E-state index contributed by atoms with van der Waals surface area (Å²) in [5, 5.41) is 9.64. The summed E-state index contributed by atoms with van der Waals surface area (Å²) >= 11 is 0. The lowest BCUT2D eigenvalue weighted by Gasteiger charge is -2.30. The minimum atomic E-state index is -3.34. The van der Waals surface area contributed by atoms with Crippen LogP contribution >= 0.6 is 0 Å². The molecule has 1 amide bonds. The molecular formula is C14H19NO4S. The fraction of sp³-hybridized carbons (Fsp3) is 0.500. The van der Waals surface area contributed by atoms with Crippen LogP contribution in [0.15, 0.2) is 23.1 Å². The molecule has 1 fully saturated rings. The summed E-state index contributed by atoms with van der Waals surface area (Å²) in [4.78, 5) is 14.2. The summed E-state index contributed by atoms with van der Waals surface area (Å²) in [7, 11) is -3.34. The Balaban J connectivity index is 2.34. The van der Waals surface area contributed by atoms with Gasteiger partial charge in [-0.15, -0.1) is 0 Å². The molecule has 1 aliphatic rings. The molecule has 0 saturated carbocycles. The minimum absolute atomic E-state index is 0.143. The zero-order chi connectivity index (χ0) is 14.9. The van der Waals surface area contributed by atoms with Gasteiger partial charge in [-0.2, -0.15) is 0 Å². The minimum Gasteiger partial charge on any atom is -0.391 e. The number of rotatable bonds is 2. The number of aliphatic hydroxyl groups is 1. The Labute approximate surface area is 119 Å². The average molecular weight is 297 g/mol. The van der Waals surface area contributed by atoms with Crippen molar-refractivity contribution in [2.75, 3.05) is 19.3 Å². The number of aliphatic hydroxyl groups excluding tert-OH is 1. The van der Waals surface area contributed by atoms with E-state index in [1.807, 2.05) is 0 Å². The van der Waals surface area contributed by atoms with E-state index in [0.717, 1.165) is 18.2 Å². The van der Waals surface area contributed by atoms with Crippen LogP contribution in [0.4, 0.5) is 0 Å². The Hall–Kier alpha value is -1.40. The van der Waals surface area contributed by atoms with Crippen LogP contribution in [-0.2, 0) is 9.84 Å². The molecule has 2 rings (SSSR count). The van der Waals surface area contributed by atoms with Crippen molar-refractivity contribution in [3.05, 3.63) is 29.3 Å². The first-order valence-corrected chi connectivity index (χ1v) is 8.46. The van der Waals surface area contributed by atoms with Gasteiger partial charge in [0.05, 0.1) is 11.0 Å². The summed E-state index contributed by atoms with van der Waals surface area (Å²) in [5.74, 6) is -0.216. The molecule has 1 N–H and O–H groups in total. The second-order valence-electron chi connectivity index (χ2n) is 5.30. The zero-order valence-electron chi connectivity index (χ0n) is 11.7. The van der Waals surface area contributed by atoms with Crippen molar-refractivity contribution in [3.63, 3.8) is 0 Å². The Morgan fingerprint density at radius 3 is 2.70 bits per heavy atom. The van der Waals surface area contributed by atoms with E-state index >= 15 is 0 Å². The Bertz CT molecular complexity index is 624. The summed E-state index contributed by atoms with van der Waals surface area (Å²) in [6.07, 6.45) is 2.09. The van der Waals surface area contributed by atoms with Crippen molar-refractivity contribution in [2.24, 2.45) is 0 Å². The number of sulfone groups is 1. The number of aryl methyl sites for hydroxylation is 1. The SMILES string of the molecule is Cc1ccc(S(C)(=O)=O)cc1C(=O)N1CCCC(O)C1. The van der Waals surface area contributed by atoms with E-state index in [1.54, 1.807) is 17.9 Å². The van der Waals surface area contributed by atoms with Gasteiger partial charge in [0.25, 0.3) is 5.91 Å². The molecule has 0 radical (unpaired) electrons. The van der Waals surface area contributed by atoms with Crippen molar-refractivity contribution >= 4 is 15.7 Å². The lowest BCUT2D eigenvalue weighted by atomic mass is 10.0. The van der Waals surface area contributed by atoms with Crippen molar-refractivity contribution in [3.8, 4) is 0 Å². The van der Waals surface area contributed by atoms with E-state index in [0.29, 0.717) is 25.1 Å². The van der Waals surface area contributed by atoms with Gasteiger partial charge in [-0.25, -0.2) is 8.42 Å². The van der Waals surface area contributed by atoms with Crippen molar-refractivity contribution in [1.82, 2.24) is 4.90 Å². The monoisotopic (exact) mass is 297 g/mol. The first-order chi connectivity index (χ1) is 9.29. The van der Waals surface area contributed by atoms with Crippen LogP contribution in [0.3, 0.4) is 0 Å². The van der Waals surface area contributed by atoms with Crippen LogP contribution in [0.25, 0.3) is 0 Å². The Morgan fingerprint density at radius 1 is 1.40 bits per heavy atom. The van der Waals surface area contributed by atoms with Crippen molar-refractivity contribution in [1.29, 1.82) is 0 Å². The van der Waals surface area contributed by atoms with Gasteiger partial charge in [0.2, 0.25) is 0 Å². The van der Waals surface area contributed by atoms with E-state index in [-0.39, 0.29) is 10.8 Å². The van der Waals surface area contributed by atoms with Crippen LogP contribution in [0.1, 0.15) is 28.8 Å². The molecule has 1 saturated heterocycles. The highest BCUT2D eigenvalue weighted by Gasteiger charge is 2.24. The third kappa shape index (κ3) is 3.19. The molecule has 1 aromatic carbocycles. The summed E-state index contributed by atoms with van der Waals surface area (Å²) in [5.41, 5.74) is 1.13. The lowest BCUT2D eigenvalue weighted by molar-refractivity contribution is 0.0473. The number of hydrogen-bond donors (Lipinski definition) is 1. The molecule has 1 aliphatic heterocycles. The first-order valence-electron chi connectivity index (χ1n) is 6.57. The van der Waals surface area contributed by atoms with E-state index in [1.165, 1.54) is 12.1 Å². The first kappa shape index (κ1) is 15.0. The van der Waals surface area contributed by atoms with E-state index < -0.39 is 15.9 Å². The molecule has 0 aromatic heterocycles. The number of carbonyl (C=O) groups excluding carboxylic acids is 1. The molecule has 6 heteroatoms. The summed E-state index contributed by atoms with van der Waals surface area (Å²) in [6, 6.07) is 4.57. The number of benzene rings is 1. The third-order valence-electron chi connectivity index (χ3n) is 3.55. The lowest BCUT2D eigenvalue weighted by Crippen LogP contribution is -2.42. The maximum absolute atomic E-state index is 12.5. The van der Waals surface area contributed by atoms with Gasteiger partial charge in [-0.05, 0) is 37.5 Å². The van der Waals surface area contributed by atoms with Crippen LogP contribution in [0.5, 0.6) is 0 Å². The number of amides is 1. The van der Waals surface area contributed by atoms with Gasteiger partial charge >= 0.3 is 0 Å². The largest absolute Gasteiger partial charge is 0.391 e. The molecule has 1 heterocycles. The second kappa shape index (κ2) is 5.54. The second-order valence-corrected chi connectivity index (χ2v) is 7.31. The van der Waals surface area contributed by atoms with Gasteiger partial charge in [0, 0.05) is 24.9 Å². The molecule has 110 valence electrons. The number of β-amino-alcohol motifs (C(OH)–C–C–N with tert-alkyl or cyclic N) is 1. The van der Waals surface area contributed by atoms with Gasteiger partial charge in [0.1, 0.15) is 0 Å². The smallest absolute Gasteiger partial charge is 0.254 e. The summed E-state index contributed by atoms with van der Waals surface area (Å²) in [6.45, 7) is 2.68. The van der Waals surface area contributed by atoms with Crippen LogP contribution < -0.4 is 0 Å².